The number of nitrogens with zero attached hydrogens (tertiary/aromatic N) is 2. The monoisotopic (exact) mass is 226 g/mol. The summed E-state index contributed by atoms with van der Waals surface area (Å²) < 4.78 is 0. The molecule has 1 heterocycles. The maximum atomic E-state index is 9.90. The Kier molecular flexibility index (Phi) is 4.22. The minimum atomic E-state index is -0.0820. The Hall–Kier alpha value is -0.120. The molecule has 1 saturated carbocycles. The van der Waals surface area contributed by atoms with Gasteiger partial charge < -0.3 is 5.11 Å². The highest BCUT2D eigenvalue weighted by atomic mass is 16.3. The third-order valence-electron chi connectivity index (χ3n) is 4.41. The number of hydrogen-bond donors (Lipinski definition) is 1. The second-order valence-electron chi connectivity index (χ2n) is 5.43. The van der Waals surface area contributed by atoms with Gasteiger partial charge in [-0.3, -0.25) is 9.80 Å². The van der Waals surface area contributed by atoms with Gasteiger partial charge in [0.25, 0.3) is 0 Å². The lowest BCUT2D eigenvalue weighted by atomic mass is 10.1. The van der Waals surface area contributed by atoms with E-state index in [9.17, 15) is 5.11 Å². The summed E-state index contributed by atoms with van der Waals surface area (Å²) in [7, 11) is 2.19. The molecule has 3 heteroatoms. The number of likely N-dealkylation sites (tertiary alicyclic amines) is 1. The van der Waals surface area contributed by atoms with E-state index in [0.29, 0.717) is 6.04 Å². The van der Waals surface area contributed by atoms with E-state index in [1.807, 2.05) is 0 Å². The standard InChI is InChI=1S/C13H26N2O/c1-3-15-9-5-6-11(15)10-14(2)12-7-4-8-13(12)16/h11-13,16H,3-10H2,1-2H3. The highest BCUT2D eigenvalue weighted by molar-refractivity contribution is 4.87. The average molecular weight is 226 g/mol. The van der Waals surface area contributed by atoms with Crippen LogP contribution in [0.25, 0.3) is 0 Å². The fourth-order valence-corrected chi connectivity index (χ4v) is 3.42. The Labute approximate surface area is 99.4 Å². The summed E-state index contributed by atoms with van der Waals surface area (Å²) in [5, 5.41) is 9.90. The second-order valence-corrected chi connectivity index (χ2v) is 5.43. The molecule has 0 aromatic carbocycles. The van der Waals surface area contributed by atoms with Crippen molar-refractivity contribution in [2.45, 2.75) is 57.2 Å². The molecule has 3 nitrogen and oxygen atoms in total. The van der Waals surface area contributed by atoms with Gasteiger partial charge in [0.05, 0.1) is 6.10 Å². The molecule has 2 fully saturated rings. The predicted molar refractivity (Wildman–Crippen MR) is 66.5 cm³/mol. The molecule has 0 spiro atoms. The van der Waals surface area contributed by atoms with Crippen molar-refractivity contribution in [1.29, 1.82) is 0 Å². The van der Waals surface area contributed by atoms with Crippen molar-refractivity contribution in [1.82, 2.24) is 9.80 Å². The van der Waals surface area contributed by atoms with Gasteiger partial charge in [0.1, 0.15) is 0 Å². The minimum absolute atomic E-state index is 0.0820. The highest BCUT2D eigenvalue weighted by Gasteiger charge is 2.31. The van der Waals surface area contributed by atoms with Crippen LogP contribution in [0.2, 0.25) is 0 Å². The quantitative estimate of drug-likeness (QED) is 0.783. The fourth-order valence-electron chi connectivity index (χ4n) is 3.42. The Bertz CT molecular complexity index is 222. The SMILES string of the molecule is CCN1CCCC1CN(C)C1CCCC1O. The molecule has 2 aliphatic rings. The topological polar surface area (TPSA) is 26.7 Å². The number of rotatable bonds is 4. The van der Waals surface area contributed by atoms with Crippen molar-refractivity contribution < 1.29 is 5.11 Å². The summed E-state index contributed by atoms with van der Waals surface area (Å²) in [6.45, 7) is 5.83. The van der Waals surface area contributed by atoms with Crippen LogP contribution in [-0.4, -0.2) is 59.8 Å². The number of aliphatic hydroxyl groups is 1. The van der Waals surface area contributed by atoms with Crippen LogP contribution in [0.5, 0.6) is 0 Å². The molecule has 2 rings (SSSR count). The van der Waals surface area contributed by atoms with E-state index < -0.39 is 0 Å². The van der Waals surface area contributed by atoms with Crippen molar-refractivity contribution in [3.63, 3.8) is 0 Å². The van der Waals surface area contributed by atoms with Crippen LogP contribution >= 0.6 is 0 Å². The van der Waals surface area contributed by atoms with Gasteiger partial charge in [0.2, 0.25) is 0 Å². The molecule has 0 amide bonds. The summed E-state index contributed by atoms with van der Waals surface area (Å²) in [6.07, 6.45) is 5.97. The third kappa shape index (κ3) is 2.58. The smallest absolute Gasteiger partial charge is 0.0695 e. The van der Waals surface area contributed by atoms with E-state index in [4.69, 9.17) is 0 Å². The third-order valence-corrected chi connectivity index (χ3v) is 4.41. The van der Waals surface area contributed by atoms with Crippen LogP contribution in [0.3, 0.4) is 0 Å². The largest absolute Gasteiger partial charge is 0.391 e. The molecule has 1 saturated heterocycles. The number of likely N-dealkylation sites (N-methyl/N-ethyl adjacent to an activating group) is 2. The Morgan fingerprint density at radius 2 is 2.06 bits per heavy atom. The molecule has 3 unspecified atom stereocenters. The molecule has 3 atom stereocenters. The molecule has 94 valence electrons. The van der Waals surface area contributed by atoms with E-state index in [-0.39, 0.29) is 6.10 Å². The normalized spacial score (nSPS) is 36.4. The van der Waals surface area contributed by atoms with E-state index in [1.165, 1.54) is 38.8 Å². The van der Waals surface area contributed by atoms with Crippen LogP contribution in [0.15, 0.2) is 0 Å². The van der Waals surface area contributed by atoms with Crippen molar-refractivity contribution in [2.24, 2.45) is 0 Å². The molecule has 0 bridgehead atoms. The first kappa shape index (κ1) is 12.3. The van der Waals surface area contributed by atoms with Crippen LogP contribution in [0.1, 0.15) is 39.0 Å². The second kappa shape index (κ2) is 5.48. The van der Waals surface area contributed by atoms with Crippen LogP contribution < -0.4 is 0 Å². The first-order chi connectivity index (χ1) is 7.72. The molecule has 1 aliphatic carbocycles. The first-order valence-electron chi connectivity index (χ1n) is 6.84. The lowest BCUT2D eigenvalue weighted by Gasteiger charge is -2.32. The maximum absolute atomic E-state index is 9.90. The van der Waals surface area contributed by atoms with E-state index in [0.717, 1.165) is 19.0 Å². The van der Waals surface area contributed by atoms with Crippen molar-refractivity contribution in [2.75, 3.05) is 26.7 Å². The minimum Gasteiger partial charge on any atom is -0.391 e. The highest BCUT2D eigenvalue weighted by Crippen LogP contribution is 2.25. The molecule has 0 radical (unpaired) electrons. The summed E-state index contributed by atoms with van der Waals surface area (Å²) in [5.74, 6) is 0. The zero-order valence-corrected chi connectivity index (χ0v) is 10.7. The lowest BCUT2D eigenvalue weighted by molar-refractivity contribution is 0.0709. The molecule has 1 aliphatic heterocycles. The zero-order chi connectivity index (χ0) is 11.5. The zero-order valence-electron chi connectivity index (χ0n) is 10.7. The molecular weight excluding hydrogens is 200 g/mol. The summed E-state index contributed by atoms with van der Waals surface area (Å²) in [4.78, 5) is 4.98. The summed E-state index contributed by atoms with van der Waals surface area (Å²) >= 11 is 0. The Morgan fingerprint density at radius 3 is 2.69 bits per heavy atom. The van der Waals surface area contributed by atoms with Gasteiger partial charge in [-0.15, -0.1) is 0 Å². The van der Waals surface area contributed by atoms with Gasteiger partial charge in [-0.05, 0) is 52.2 Å². The molecule has 1 N–H and O–H groups in total. The Balaban J connectivity index is 1.84. The van der Waals surface area contributed by atoms with Crippen LogP contribution in [0.4, 0.5) is 0 Å². The van der Waals surface area contributed by atoms with Crippen molar-refractivity contribution in [3.05, 3.63) is 0 Å². The van der Waals surface area contributed by atoms with E-state index >= 15 is 0 Å². The molecular formula is C13H26N2O. The van der Waals surface area contributed by atoms with Gasteiger partial charge in [-0.1, -0.05) is 6.92 Å². The van der Waals surface area contributed by atoms with Gasteiger partial charge >= 0.3 is 0 Å². The molecule has 16 heavy (non-hydrogen) atoms. The summed E-state index contributed by atoms with van der Waals surface area (Å²) in [6, 6.07) is 1.14. The van der Waals surface area contributed by atoms with E-state index in [1.54, 1.807) is 0 Å². The van der Waals surface area contributed by atoms with Gasteiger partial charge in [-0.2, -0.15) is 0 Å². The molecule has 0 aromatic rings. The van der Waals surface area contributed by atoms with Gasteiger partial charge in [0, 0.05) is 18.6 Å². The van der Waals surface area contributed by atoms with Gasteiger partial charge in [0.15, 0.2) is 0 Å². The van der Waals surface area contributed by atoms with E-state index in [2.05, 4.69) is 23.8 Å². The van der Waals surface area contributed by atoms with Crippen LogP contribution in [-0.2, 0) is 0 Å². The summed E-state index contributed by atoms with van der Waals surface area (Å²) in [5.41, 5.74) is 0. The van der Waals surface area contributed by atoms with Crippen molar-refractivity contribution in [3.8, 4) is 0 Å². The van der Waals surface area contributed by atoms with Crippen molar-refractivity contribution >= 4 is 0 Å². The Morgan fingerprint density at radius 1 is 1.25 bits per heavy atom. The fraction of sp³-hybridized carbons (Fsp3) is 1.00. The number of hydrogen-bond acceptors (Lipinski definition) is 3. The lowest BCUT2D eigenvalue weighted by Crippen LogP contribution is -2.45. The maximum Gasteiger partial charge on any atom is 0.0695 e. The van der Waals surface area contributed by atoms with Gasteiger partial charge in [-0.25, -0.2) is 0 Å². The first-order valence-corrected chi connectivity index (χ1v) is 6.84. The predicted octanol–water partition coefficient (Wildman–Crippen LogP) is 1.32. The van der Waals surface area contributed by atoms with Crippen LogP contribution in [0, 0.1) is 0 Å². The average Bonchev–Trinajstić information content (AvgIpc) is 2.86. The number of aliphatic hydroxyl groups excluding tert-OH is 1. The molecule has 0 aromatic heterocycles.